The third kappa shape index (κ3) is 2.52. The van der Waals surface area contributed by atoms with E-state index in [1.54, 1.807) is 13.0 Å². The normalized spacial score (nSPS) is 23.2. The molecular formula is C11H13FO3S. The molecule has 1 aliphatic heterocycles. The molecule has 2 rings (SSSR count). The summed E-state index contributed by atoms with van der Waals surface area (Å²) in [7, 11) is -2.96. The van der Waals surface area contributed by atoms with E-state index in [1.807, 2.05) is 0 Å². The summed E-state index contributed by atoms with van der Waals surface area (Å²) < 4.78 is 40.9. The van der Waals surface area contributed by atoms with E-state index < -0.39 is 9.84 Å². The van der Waals surface area contributed by atoms with Gasteiger partial charge in [0.2, 0.25) is 0 Å². The van der Waals surface area contributed by atoms with Crippen LogP contribution in [0.2, 0.25) is 0 Å². The van der Waals surface area contributed by atoms with Crippen molar-refractivity contribution in [1.29, 1.82) is 0 Å². The third-order valence-corrected chi connectivity index (χ3v) is 4.37. The van der Waals surface area contributed by atoms with Crippen LogP contribution in [0.4, 0.5) is 4.39 Å². The van der Waals surface area contributed by atoms with Crippen molar-refractivity contribution in [2.45, 2.75) is 19.4 Å². The number of rotatable bonds is 2. The minimum Gasteiger partial charge on any atom is -0.489 e. The van der Waals surface area contributed by atoms with E-state index in [9.17, 15) is 12.8 Å². The van der Waals surface area contributed by atoms with Crippen LogP contribution in [0.1, 0.15) is 12.0 Å². The van der Waals surface area contributed by atoms with Crippen LogP contribution in [0.15, 0.2) is 18.2 Å². The zero-order valence-electron chi connectivity index (χ0n) is 8.94. The molecule has 0 bridgehead atoms. The van der Waals surface area contributed by atoms with Gasteiger partial charge in [0.1, 0.15) is 17.7 Å². The average molecular weight is 244 g/mol. The molecule has 0 amide bonds. The number of benzene rings is 1. The molecule has 5 heteroatoms. The standard InChI is InChI=1S/C11H13FO3S/c1-8-2-3-9(12)6-11(8)15-10-4-5-16(13,14)7-10/h2-3,6,10H,4-5,7H2,1H3. The molecule has 0 aromatic heterocycles. The lowest BCUT2D eigenvalue weighted by Gasteiger charge is -2.13. The van der Waals surface area contributed by atoms with Crippen LogP contribution in [0.25, 0.3) is 0 Å². The predicted molar refractivity (Wildman–Crippen MR) is 58.8 cm³/mol. The summed E-state index contributed by atoms with van der Waals surface area (Å²) in [4.78, 5) is 0. The summed E-state index contributed by atoms with van der Waals surface area (Å²) in [5.41, 5.74) is 0.811. The topological polar surface area (TPSA) is 43.4 Å². The maximum atomic E-state index is 13.0. The van der Waals surface area contributed by atoms with Gasteiger partial charge in [0.15, 0.2) is 9.84 Å². The minimum atomic E-state index is -2.96. The van der Waals surface area contributed by atoms with E-state index in [4.69, 9.17) is 4.74 Å². The zero-order chi connectivity index (χ0) is 11.8. The summed E-state index contributed by atoms with van der Waals surface area (Å²) in [6.07, 6.45) is 0.142. The molecule has 0 radical (unpaired) electrons. The Labute approximate surface area is 94.2 Å². The quantitative estimate of drug-likeness (QED) is 0.795. The van der Waals surface area contributed by atoms with Crippen LogP contribution >= 0.6 is 0 Å². The highest BCUT2D eigenvalue weighted by atomic mass is 32.2. The van der Waals surface area contributed by atoms with Gasteiger partial charge in [-0.3, -0.25) is 0 Å². The van der Waals surface area contributed by atoms with Crippen molar-refractivity contribution >= 4 is 9.84 Å². The lowest BCUT2D eigenvalue weighted by molar-refractivity contribution is 0.226. The van der Waals surface area contributed by atoms with Gasteiger partial charge in [-0.15, -0.1) is 0 Å². The summed E-state index contributed by atoms with van der Waals surface area (Å²) in [5, 5.41) is 0. The first kappa shape index (κ1) is 11.4. The van der Waals surface area contributed by atoms with Crippen LogP contribution in [0.5, 0.6) is 5.75 Å². The van der Waals surface area contributed by atoms with Crippen molar-refractivity contribution in [3.8, 4) is 5.75 Å². The number of halogens is 1. The van der Waals surface area contributed by atoms with Crippen molar-refractivity contribution in [3.63, 3.8) is 0 Å². The maximum absolute atomic E-state index is 13.0. The number of hydrogen-bond acceptors (Lipinski definition) is 3. The molecule has 0 aliphatic carbocycles. The molecular weight excluding hydrogens is 231 g/mol. The molecule has 1 aliphatic rings. The molecule has 1 atom stereocenters. The first-order valence-corrected chi connectivity index (χ1v) is 6.92. The van der Waals surface area contributed by atoms with Gasteiger partial charge >= 0.3 is 0 Å². The smallest absolute Gasteiger partial charge is 0.154 e. The molecule has 1 heterocycles. The predicted octanol–water partition coefficient (Wildman–Crippen LogP) is 1.70. The Hall–Kier alpha value is -1.10. The Morgan fingerprint density at radius 1 is 1.44 bits per heavy atom. The second-order valence-electron chi connectivity index (χ2n) is 4.05. The molecule has 0 saturated carbocycles. The second kappa shape index (κ2) is 4.05. The molecule has 1 fully saturated rings. The fraction of sp³-hybridized carbons (Fsp3) is 0.455. The fourth-order valence-corrected chi connectivity index (χ4v) is 3.32. The fourth-order valence-electron chi connectivity index (χ4n) is 1.73. The lowest BCUT2D eigenvalue weighted by Crippen LogP contribution is -2.18. The highest BCUT2D eigenvalue weighted by molar-refractivity contribution is 7.91. The lowest BCUT2D eigenvalue weighted by atomic mass is 10.2. The van der Waals surface area contributed by atoms with Crippen LogP contribution in [0, 0.1) is 12.7 Å². The average Bonchev–Trinajstić information content (AvgIpc) is 2.52. The van der Waals surface area contributed by atoms with Crippen molar-refractivity contribution < 1.29 is 17.5 Å². The van der Waals surface area contributed by atoms with Crippen LogP contribution < -0.4 is 4.74 Å². The van der Waals surface area contributed by atoms with Gasteiger partial charge in [-0.05, 0) is 25.0 Å². The Morgan fingerprint density at radius 3 is 2.81 bits per heavy atom. The molecule has 1 aromatic rings. The summed E-state index contributed by atoms with van der Waals surface area (Å²) in [6, 6.07) is 4.27. The molecule has 0 spiro atoms. The van der Waals surface area contributed by atoms with E-state index >= 15 is 0 Å². The van der Waals surface area contributed by atoms with E-state index in [-0.39, 0.29) is 23.4 Å². The summed E-state index contributed by atoms with van der Waals surface area (Å²) in [5.74, 6) is 0.248. The molecule has 88 valence electrons. The van der Waals surface area contributed by atoms with Crippen molar-refractivity contribution in [3.05, 3.63) is 29.6 Å². The molecule has 1 aromatic carbocycles. The van der Waals surface area contributed by atoms with Gasteiger partial charge in [-0.25, -0.2) is 12.8 Å². The number of aryl methyl sites for hydroxylation is 1. The summed E-state index contributed by atoms with van der Waals surface area (Å²) in [6.45, 7) is 1.80. The van der Waals surface area contributed by atoms with E-state index in [1.165, 1.54) is 12.1 Å². The van der Waals surface area contributed by atoms with Crippen LogP contribution in [-0.4, -0.2) is 26.0 Å². The summed E-state index contributed by atoms with van der Waals surface area (Å²) >= 11 is 0. The molecule has 16 heavy (non-hydrogen) atoms. The van der Waals surface area contributed by atoms with Crippen LogP contribution in [0.3, 0.4) is 0 Å². The monoisotopic (exact) mass is 244 g/mol. The Balaban J connectivity index is 2.13. The van der Waals surface area contributed by atoms with Gasteiger partial charge in [0.25, 0.3) is 0 Å². The molecule has 1 saturated heterocycles. The first-order valence-electron chi connectivity index (χ1n) is 5.09. The third-order valence-electron chi connectivity index (χ3n) is 2.63. The Bertz CT molecular complexity index is 496. The SMILES string of the molecule is Cc1ccc(F)cc1OC1CCS(=O)(=O)C1. The molecule has 1 unspecified atom stereocenters. The number of sulfone groups is 1. The van der Waals surface area contributed by atoms with Crippen LogP contribution in [-0.2, 0) is 9.84 Å². The highest BCUT2D eigenvalue weighted by Gasteiger charge is 2.29. The molecule has 0 N–H and O–H groups in total. The Morgan fingerprint density at radius 2 is 2.19 bits per heavy atom. The zero-order valence-corrected chi connectivity index (χ0v) is 9.76. The van der Waals surface area contributed by atoms with Gasteiger partial charge < -0.3 is 4.74 Å². The Kier molecular flexibility index (Phi) is 2.88. The van der Waals surface area contributed by atoms with Crippen molar-refractivity contribution in [2.24, 2.45) is 0 Å². The van der Waals surface area contributed by atoms with Gasteiger partial charge in [-0.1, -0.05) is 6.07 Å². The van der Waals surface area contributed by atoms with Gasteiger partial charge in [0.05, 0.1) is 11.5 Å². The number of hydrogen-bond donors (Lipinski definition) is 0. The number of ether oxygens (including phenoxy) is 1. The highest BCUT2D eigenvalue weighted by Crippen LogP contribution is 2.23. The van der Waals surface area contributed by atoms with Gasteiger partial charge in [0, 0.05) is 6.07 Å². The van der Waals surface area contributed by atoms with E-state index in [2.05, 4.69) is 0 Å². The minimum absolute atomic E-state index is 0.0307. The first-order chi connectivity index (χ1) is 7.46. The van der Waals surface area contributed by atoms with Gasteiger partial charge in [-0.2, -0.15) is 0 Å². The second-order valence-corrected chi connectivity index (χ2v) is 6.28. The van der Waals surface area contributed by atoms with E-state index in [0.29, 0.717) is 12.2 Å². The largest absolute Gasteiger partial charge is 0.489 e. The van der Waals surface area contributed by atoms with E-state index in [0.717, 1.165) is 5.56 Å². The maximum Gasteiger partial charge on any atom is 0.154 e. The van der Waals surface area contributed by atoms with Crippen molar-refractivity contribution in [1.82, 2.24) is 0 Å². The molecule has 3 nitrogen and oxygen atoms in total. The van der Waals surface area contributed by atoms with Crippen molar-refractivity contribution in [2.75, 3.05) is 11.5 Å².